The smallest absolute Gasteiger partial charge is 0.303 e. The highest BCUT2D eigenvalue weighted by Crippen LogP contribution is 2.18. The molecule has 186 valence electrons. The SMILES string of the molecule is CCCCC/C=C/CCCCCC[N+](CCCC(=O)O)(CCCC(=O)O)CCCC(=O)O. The average molecular weight is 457 g/mol. The van der Waals surface area contributed by atoms with Gasteiger partial charge >= 0.3 is 17.9 Å². The normalized spacial score (nSPS) is 11.8. The van der Waals surface area contributed by atoms with Gasteiger partial charge in [-0.15, -0.1) is 0 Å². The zero-order valence-corrected chi connectivity index (χ0v) is 20.1. The number of aliphatic carboxylic acids is 3. The van der Waals surface area contributed by atoms with Gasteiger partial charge in [0.1, 0.15) is 0 Å². The molecule has 0 saturated heterocycles. The lowest BCUT2D eigenvalue weighted by atomic mass is 10.1. The maximum absolute atomic E-state index is 11.0. The molecule has 0 radical (unpaired) electrons. The summed E-state index contributed by atoms with van der Waals surface area (Å²) < 4.78 is 0.630. The summed E-state index contributed by atoms with van der Waals surface area (Å²) in [7, 11) is 0. The highest BCUT2D eigenvalue weighted by Gasteiger charge is 2.27. The van der Waals surface area contributed by atoms with Gasteiger partial charge in [-0.25, -0.2) is 0 Å². The van der Waals surface area contributed by atoms with Crippen LogP contribution in [0.4, 0.5) is 0 Å². The van der Waals surface area contributed by atoms with Crippen molar-refractivity contribution in [1.29, 1.82) is 0 Å². The van der Waals surface area contributed by atoms with E-state index in [1.807, 2.05) is 0 Å². The van der Waals surface area contributed by atoms with Crippen LogP contribution in [0.1, 0.15) is 103 Å². The Labute approximate surface area is 194 Å². The van der Waals surface area contributed by atoms with Gasteiger partial charge in [-0.1, -0.05) is 38.3 Å². The summed E-state index contributed by atoms with van der Waals surface area (Å²) in [5.41, 5.74) is 0. The molecule has 7 heteroatoms. The van der Waals surface area contributed by atoms with E-state index in [-0.39, 0.29) is 19.3 Å². The number of hydrogen-bond donors (Lipinski definition) is 3. The molecule has 0 atom stereocenters. The molecule has 32 heavy (non-hydrogen) atoms. The lowest BCUT2D eigenvalue weighted by molar-refractivity contribution is -0.929. The van der Waals surface area contributed by atoms with Gasteiger partial charge in [-0.2, -0.15) is 0 Å². The third-order valence-corrected chi connectivity index (χ3v) is 5.96. The minimum atomic E-state index is -0.832. The van der Waals surface area contributed by atoms with Crippen molar-refractivity contribution < 1.29 is 34.2 Å². The third-order valence-electron chi connectivity index (χ3n) is 5.96. The molecule has 0 unspecified atom stereocenters. The van der Waals surface area contributed by atoms with E-state index in [1.165, 1.54) is 19.3 Å². The number of carboxylic acids is 3. The molecule has 0 aliphatic rings. The summed E-state index contributed by atoms with van der Waals surface area (Å²) >= 11 is 0. The van der Waals surface area contributed by atoms with E-state index in [0.717, 1.165) is 45.1 Å². The minimum absolute atomic E-state index is 0.0858. The quantitative estimate of drug-likeness (QED) is 0.107. The standard InChI is InChI=1S/C25H45NO6/c1-2-3-4-5-6-7-8-9-10-11-12-19-26(20-13-16-23(27)28,21-14-17-24(29)30)22-15-18-25(31)32/h6-7H,2-5,8-22H2,1H3,(H2-,27,28,29,30,31,32)/p+1/b7-6+. The Morgan fingerprint density at radius 1 is 0.562 bits per heavy atom. The van der Waals surface area contributed by atoms with E-state index in [2.05, 4.69) is 19.1 Å². The molecular formula is C25H46NO6+. The molecule has 3 N–H and O–H groups in total. The van der Waals surface area contributed by atoms with E-state index < -0.39 is 17.9 Å². The summed E-state index contributed by atoms with van der Waals surface area (Å²) in [6.07, 6.45) is 16.8. The monoisotopic (exact) mass is 456 g/mol. The topological polar surface area (TPSA) is 112 Å². The van der Waals surface area contributed by atoms with Crippen LogP contribution in [0.5, 0.6) is 0 Å². The van der Waals surface area contributed by atoms with Crippen molar-refractivity contribution >= 4 is 17.9 Å². The number of carboxylic acid groups (broad SMARTS) is 3. The second-order valence-electron chi connectivity index (χ2n) is 8.90. The van der Waals surface area contributed by atoms with Gasteiger partial charge in [-0.05, 0) is 38.5 Å². The summed E-state index contributed by atoms with van der Waals surface area (Å²) in [5.74, 6) is -2.49. The average Bonchev–Trinajstić information content (AvgIpc) is 2.71. The first kappa shape index (κ1) is 30.1. The zero-order valence-electron chi connectivity index (χ0n) is 20.1. The van der Waals surface area contributed by atoms with Gasteiger partial charge in [0, 0.05) is 19.3 Å². The first-order valence-electron chi connectivity index (χ1n) is 12.5. The number of carbonyl (C=O) groups is 3. The van der Waals surface area contributed by atoms with Crippen LogP contribution >= 0.6 is 0 Å². The van der Waals surface area contributed by atoms with Gasteiger partial charge in [0.05, 0.1) is 45.4 Å². The maximum atomic E-state index is 11.0. The molecule has 0 spiro atoms. The third kappa shape index (κ3) is 18.8. The van der Waals surface area contributed by atoms with Crippen molar-refractivity contribution in [1.82, 2.24) is 0 Å². The molecule has 0 aromatic rings. The van der Waals surface area contributed by atoms with Gasteiger partial charge < -0.3 is 19.8 Å². The molecule has 0 heterocycles. The highest BCUT2D eigenvalue weighted by molar-refractivity contribution is 5.67. The Balaban J connectivity index is 4.62. The van der Waals surface area contributed by atoms with E-state index in [4.69, 9.17) is 15.3 Å². The van der Waals surface area contributed by atoms with Crippen LogP contribution in [-0.2, 0) is 14.4 Å². The van der Waals surface area contributed by atoms with Crippen molar-refractivity contribution in [3.05, 3.63) is 12.2 Å². The molecule has 0 amide bonds. The van der Waals surface area contributed by atoms with Crippen LogP contribution in [0, 0.1) is 0 Å². The molecule has 7 nitrogen and oxygen atoms in total. The Morgan fingerprint density at radius 2 is 0.938 bits per heavy atom. The predicted molar refractivity (Wildman–Crippen MR) is 127 cm³/mol. The molecule has 0 aromatic heterocycles. The van der Waals surface area contributed by atoms with Crippen LogP contribution in [0.3, 0.4) is 0 Å². The van der Waals surface area contributed by atoms with E-state index in [9.17, 15) is 14.4 Å². The maximum Gasteiger partial charge on any atom is 0.303 e. The molecular weight excluding hydrogens is 410 g/mol. The number of nitrogens with zero attached hydrogens (tertiary/aromatic N) is 1. The lowest BCUT2D eigenvalue weighted by Crippen LogP contribution is -2.51. The van der Waals surface area contributed by atoms with E-state index in [0.29, 0.717) is 43.4 Å². The van der Waals surface area contributed by atoms with E-state index >= 15 is 0 Å². The first-order valence-corrected chi connectivity index (χ1v) is 12.5. The predicted octanol–water partition coefficient (Wildman–Crippen LogP) is 5.48. The summed E-state index contributed by atoms with van der Waals surface area (Å²) in [6.45, 7) is 5.04. The van der Waals surface area contributed by atoms with Crippen LogP contribution in [0.2, 0.25) is 0 Å². The number of rotatable bonds is 23. The highest BCUT2D eigenvalue weighted by atomic mass is 16.4. The fourth-order valence-electron chi connectivity index (χ4n) is 4.18. The first-order chi connectivity index (χ1) is 15.3. The van der Waals surface area contributed by atoms with Crippen LogP contribution in [0.15, 0.2) is 12.2 Å². The molecule has 0 aliphatic heterocycles. The van der Waals surface area contributed by atoms with Crippen molar-refractivity contribution in [2.24, 2.45) is 0 Å². The van der Waals surface area contributed by atoms with Gasteiger partial charge in [0.2, 0.25) is 0 Å². The van der Waals surface area contributed by atoms with Crippen molar-refractivity contribution in [2.75, 3.05) is 26.2 Å². The second kappa shape index (κ2) is 19.8. The molecule has 0 aromatic carbocycles. The number of allylic oxidation sites excluding steroid dienone is 2. The minimum Gasteiger partial charge on any atom is -0.481 e. The second-order valence-corrected chi connectivity index (χ2v) is 8.90. The molecule has 0 fully saturated rings. The van der Waals surface area contributed by atoms with Crippen LogP contribution in [0.25, 0.3) is 0 Å². The Morgan fingerprint density at radius 3 is 1.34 bits per heavy atom. The summed E-state index contributed by atoms with van der Waals surface area (Å²) in [5, 5.41) is 27.1. The fourth-order valence-corrected chi connectivity index (χ4v) is 4.18. The van der Waals surface area contributed by atoms with Gasteiger partial charge in [0.25, 0.3) is 0 Å². The molecule has 0 bridgehead atoms. The largest absolute Gasteiger partial charge is 0.481 e. The van der Waals surface area contributed by atoms with Crippen LogP contribution in [-0.4, -0.2) is 63.9 Å². The summed E-state index contributed by atoms with van der Waals surface area (Å²) in [4.78, 5) is 32.9. The number of hydrogen-bond acceptors (Lipinski definition) is 3. The number of unbranched alkanes of at least 4 members (excludes halogenated alkanes) is 7. The van der Waals surface area contributed by atoms with Crippen molar-refractivity contribution in [3.8, 4) is 0 Å². The van der Waals surface area contributed by atoms with E-state index in [1.54, 1.807) is 0 Å². The zero-order chi connectivity index (χ0) is 24.1. The van der Waals surface area contributed by atoms with Gasteiger partial charge in [0.15, 0.2) is 0 Å². The molecule has 0 saturated carbocycles. The Hall–Kier alpha value is -1.89. The lowest BCUT2D eigenvalue weighted by Gasteiger charge is -2.39. The Bertz CT molecular complexity index is 496. The summed E-state index contributed by atoms with van der Waals surface area (Å²) in [6, 6.07) is 0. The number of quaternary nitrogens is 1. The molecule has 0 rings (SSSR count). The van der Waals surface area contributed by atoms with Crippen LogP contribution < -0.4 is 0 Å². The Kier molecular flexibility index (Phi) is 18.6. The van der Waals surface area contributed by atoms with Crippen molar-refractivity contribution in [3.63, 3.8) is 0 Å². The molecule has 0 aliphatic carbocycles. The van der Waals surface area contributed by atoms with Crippen molar-refractivity contribution in [2.45, 2.75) is 103 Å². The van der Waals surface area contributed by atoms with Gasteiger partial charge in [-0.3, -0.25) is 14.4 Å². The fraction of sp³-hybridized carbons (Fsp3) is 0.800.